The molecule has 0 bridgehead atoms. The summed E-state index contributed by atoms with van der Waals surface area (Å²) in [5.41, 5.74) is 13.3. The first-order valence-corrected chi connectivity index (χ1v) is 11.8. The second-order valence-corrected chi connectivity index (χ2v) is 8.63. The normalized spacial score (nSPS) is 14.6. The van der Waals surface area contributed by atoms with Crippen LogP contribution in [0.3, 0.4) is 0 Å². The van der Waals surface area contributed by atoms with E-state index in [0.717, 1.165) is 25.7 Å². The summed E-state index contributed by atoms with van der Waals surface area (Å²) in [7, 11) is 0. The van der Waals surface area contributed by atoms with Crippen LogP contribution in [0.1, 0.15) is 54.4 Å². The lowest BCUT2D eigenvalue weighted by atomic mass is 10.1. The molecule has 1 aliphatic rings. The molecule has 1 saturated carbocycles. The predicted molar refractivity (Wildman–Crippen MR) is 129 cm³/mol. The highest BCUT2D eigenvalue weighted by atomic mass is 19.1. The number of esters is 1. The summed E-state index contributed by atoms with van der Waals surface area (Å²) in [6, 6.07) is 11.7. The minimum atomic E-state index is -0.673. The molecule has 8 nitrogen and oxygen atoms in total. The zero-order valence-electron chi connectivity index (χ0n) is 19.4. The molecule has 9 heteroatoms. The van der Waals surface area contributed by atoms with Crippen molar-refractivity contribution in [2.24, 2.45) is 5.73 Å². The molecule has 1 aliphatic carbocycles. The molecule has 2 aromatic carbocycles. The van der Waals surface area contributed by atoms with Crippen molar-refractivity contribution in [1.82, 2.24) is 9.78 Å². The van der Waals surface area contributed by atoms with E-state index in [-0.39, 0.29) is 35.1 Å². The molecule has 0 spiro atoms. The van der Waals surface area contributed by atoms with E-state index in [1.165, 1.54) is 35.1 Å². The van der Waals surface area contributed by atoms with Gasteiger partial charge < -0.3 is 20.9 Å². The quantitative estimate of drug-likeness (QED) is 0.257. The number of carbonyl (C=O) groups is 2. The van der Waals surface area contributed by atoms with Gasteiger partial charge in [0.2, 0.25) is 0 Å². The van der Waals surface area contributed by atoms with Crippen LogP contribution in [0, 0.1) is 5.82 Å². The van der Waals surface area contributed by atoms with Crippen LogP contribution in [0.25, 0.3) is 5.69 Å². The van der Waals surface area contributed by atoms with E-state index in [1.54, 1.807) is 24.3 Å². The number of benzene rings is 2. The lowest BCUT2D eigenvalue weighted by molar-refractivity contribution is -0.150. The number of halogens is 1. The second kappa shape index (κ2) is 11.1. The number of anilines is 1. The Labute approximate surface area is 203 Å². The van der Waals surface area contributed by atoms with Crippen molar-refractivity contribution in [1.29, 1.82) is 0 Å². The highest BCUT2D eigenvalue weighted by Gasteiger charge is 2.23. The van der Waals surface area contributed by atoms with Gasteiger partial charge in [-0.25, -0.2) is 9.07 Å². The van der Waals surface area contributed by atoms with Crippen molar-refractivity contribution < 1.29 is 23.5 Å². The highest BCUT2D eigenvalue weighted by Crippen LogP contribution is 2.23. The van der Waals surface area contributed by atoms with E-state index in [4.69, 9.17) is 20.9 Å². The Morgan fingerprint density at radius 2 is 1.89 bits per heavy atom. The van der Waals surface area contributed by atoms with Crippen molar-refractivity contribution in [3.05, 3.63) is 71.7 Å². The number of carbonyl (C=O) groups excluding carboxylic acids is 2. The minimum absolute atomic E-state index is 0.00177. The maximum atomic E-state index is 13.2. The van der Waals surface area contributed by atoms with Crippen LogP contribution in [0.5, 0.6) is 5.75 Å². The Morgan fingerprint density at radius 3 is 2.63 bits per heavy atom. The van der Waals surface area contributed by atoms with E-state index in [1.807, 2.05) is 0 Å². The Morgan fingerprint density at radius 1 is 1.14 bits per heavy atom. The molecule has 4 rings (SSSR count). The van der Waals surface area contributed by atoms with Crippen LogP contribution >= 0.6 is 0 Å². The van der Waals surface area contributed by atoms with Gasteiger partial charge in [-0.2, -0.15) is 5.10 Å². The highest BCUT2D eigenvalue weighted by molar-refractivity contribution is 6.11. The number of ether oxygens (including phenoxy) is 2. The largest absolute Gasteiger partial charge is 0.494 e. The summed E-state index contributed by atoms with van der Waals surface area (Å²) < 4.78 is 25.8. The molecule has 1 fully saturated rings. The van der Waals surface area contributed by atoms with Gasteiger partial charge >= 0.3 is 5.97 Å². The third-order valence-electron chi connectivity index (χ3n) is 6.03. The molecule has 0 radical (unpaired) electrons. The van der Waals surface area contributed by atoms with Crippen LogP contribution < -0.4 is 16.2 Å². The summed E-state index contributed by atoms with van der Waals surface area (Å²) in [5, 5.41) is 4.18. The minimum Gasteiger partial charge on any atom is -0.494 e. The first-order valence-electron chi connectivity index (χ1n) is 11.8. The molecular weight excluding hydrogens is 451 g/mol. The van der Waals surface area contributed by atoms with Gasteiger partial charge in [0.25, 0.3) is 0 Å². The average Bonchev–Trinajstić information content (AvgIpc) is 3.51. The molecule has 35 heavy (non-hydrogen) atoms. The molecule has 1 heterocycles. The van der Waals surface area contributed by atoms with Gasteiger partial charge in [-0.05, 0) is 74.9 Å². The van der Waals surface area contributed by atoms with Crippen LogP contribution in [-0.4, -0.2) is 40.3 Å². The van der Waals surface area contributed by atoms with Gasteiger partial charge in [0.15, 0.2) is 5.78 Å². The number of nitrogens with zero attached hydrogens (tertiary/aromatic N) is 2. The third-order valence-corrected chi connectivity index (χ3v) is 6.03. The van der Waals surface area contributed by atoms with Crippen LogP contribution in [-0.2, 0) is 9.53 Å². The van der Waals surface area contributed by atoms with E-state index >= 15 is 0 Å². The fourth-order valence-corrected chi connectivity index (χ4v) is 4.07. The van der Waals surface area contributed by atoms with E-state index in [9.17, 15) is 14.0 Å². The smallest absolute Gasteiger partial charge is 0.323 e. The molecule has 0 unspecified atom stereocenters. The zero-order chi connectivity index (χ0) is 24.8. The average molecular weight is 481 g/mol. The van der Waals surface area contributed by atoms with Crippen molar-refractivity contribution in [3.63, 3.8) is 0 Å². The molecule has 0 saturated heterocycles. The summed E-state index contributed by atoms with van der Waals surface area (Å²) in [4.78, 5) is 25.1. The van der Waals surface area contributed by atoms with E-state index in [0.29, 0.717) is 36.4 Å². The maximum Gasteiger partial charge on any atom is 0.323 e. The van der Waals surface area contributed by atoms with Gasteiger partial charge in [-0.15, -0.1) is 0 Å². The van der Waals surface area contributed by atoms with Crippen molar-refractivity contribution in [2.75, 3.05) is 12.3 Å². The fraction of sp³-hybridized carbons (Fsp3) is 0.346. The molecule has 0 amide bonds. The number of ketones is 1. The Bertz CT molecular complexity index is 1170. The standard InChI is InChI=1S/C26H29FN4O4/c27-18-10-12-19(13-11-18)31-25(29)22(16-30-31)24(32)17-5-3-8-21(15-17)34-14-4-9-23(28)26(33)35-20-6-1-2-7-20/h3,5,8,10-13,15-16,20,23H,1-2,4,6-7,9,14,28-29H2/t23-/m0/s1. The monoisotopic (exact) mass is 480 g/mol. The van der Waals surface area contributed by atoms with Crippen molar-refractivity contribution >= 4 is 17.6 Å². The predicted octanol–water partition coefficient (Wildman–Crippen LogP) is 3.80. The molecule has 0 aliphatic heterocycles. The van der Waals surface area contributed by atoms with Gasteiger partial charge in [0.1, 0.15) is 29.5 Å². The number of nitrogen functional groups attached to an aromatic ring is 1. The van der Waals surface area contributed by atoms with Crippen LogP contribution in [0.4, 0.5) is 10.2 Å². The molecule has 184 valence electrons. The Balaban J connectivity index is 1.31. The Kier molecular flexibility index (Phi) is 7.77. The lowest BCUT2D eigenvalue weighted by Gasteiger charge is -2.16. The van der Waals surface area contributed by atoms with Gasteiger partial charge in [-0.3, -0.25) is 9.59 Å². The number of aromatic nitrogens is 2. The number of rotatable bonds is 10. The second-order valence-electron chi connectivity index (χ2n) is 8.63. The van der Waals surface area contributed by atoms with Crippen molar-refractivity contribution in [2.45, 2.75) is 50.7 Å². The van der Waals surface area contributed by atoms with Crippen molar-refractivity contribution in [3.8, 4) is 11.4 Å². The van der Waals surface area contributed by atoms with Gasteiger partial charge in [0, 0.05) is 5.56 Å². The first-order chi connectivity index (χ1) is 16.9. The van der Waals surface area contributed by atoms with Crippen LogP contribution in [0.15, 0.2) is 54.7 Å². The topological polar surface area (TPSA) is 122 Å². The summed E-state index contributed by atoms with van der Waals surface area (Å²) >= 11 is 0. The number of hydrogen-bond acceptors (Lipinski definition) is 7. The zero-order valence-corrected chi connectivity index (χ0v) is 19.4. The summed E-state index contributed by atoms with van der Waals surface area (Å²) in [6.07, 6.45) is 6.41. The first kappa shape index (κ1) is 24.4. The molecule has 1 atom stereocenters. The molecule has 4 N–H and O–H groups in total. The third kappa shape index (κ3) is 6.05. The summed E-state index contributed by atoms with van der Waals surface area (Å²) in [6.45, 7) is 0.340. The van der Waals surface area contributed by atoms with Gasteiger partial charge in [0.05, 0.1) is 24.1 Å². The van der Waals surface area contributed by atoms with E-state index in [2.05, 4.69) is 5.10 Å². The number of nitrogens with two attached hydrogens (primary N) is 2. The van der Waals surface area contributed by atoms with Gasteiger partial charge in [-0.1, -0.05) is 12.1 Å². The maximum absolute atomic E-state index is 13.2. The number of hydrogen-bond donors (Lipinski definition) is 2. The van der Waals surface area contributed by atoms with E-state index < -0.39 is 6.04 Å². The summed E-state index contributed by atoms with van der Waals surface area (Å²) in [5.74, 6) is -0.367. The SMILES string of the molecule is Nc1c(C(=O)c2cccc(OCCC[C@H](N)C(=O)OC3CCCC3)c2)cnn1-c1ccc(F)cc1. The molecule has 3 aromatic rings. The fourth-order valence-electron chi connectivity index (χ4n) is 4.07. The van der Waals surface area contributed by atoms with Crippen LogP contribution in [0.2, 0.25) is 0 Å². The molecule has 1 aromatic heterocycles. The molecular formula is C26H29FN4O4. The Hall–Kier alpha value is -3.72. The lowest BCUT2D eigenvalue weighted by Crippen LogP contribution is -2.34.